The summed E-state index contributed by atoms with van der Waals surface area (Å²) in [7, 11) is 0. The largest absolute Gasteiger partial charge is 0.324 e. The van der Waals surface area contributed by atoms with E-state index in [9.17, 15) is 4.79 Å². The van der Waals surface area contributed by atoms with E-state index in [0.29, 0.717) is 11.8 Å². The predicted molar refractivity (Wildman–Crippen MR) is 95.0 cm³/mol. The molecule has 1 amide bonds. The van der Waals surface area contributed by atoms with Crippen LogP contribution in [0.2, 0.25) is 0 Å². The molecular formula is C19H27N3O. The predicted octanol–water partition coefficient (Wildman–Crippen LogP) is 4.39. The lowest BCUT2D eigenvalue weighted by molar-refractivity contribution is -0.116. The fourth-order valence-corrected chi connectivity index (χ4v) is 2.85. The number of amides is 1. The fraction of sp³-hybridized carbons (Fsp3) is 0.474. The number of rotatable bonds is 5. The number of carbonyl (C=O) groups excluding carboxylic acids is 1. The van der Waals surface area contributed by atoms with Crippen molar-refractivity contribution in [2.45, 2.75) is 59.9 Å². The summed E-state index contributed by atoms with van der Waals surface area (Å²) < 4.78 is 1.75. The van der Waals surface area contributed by atoms with Crippen LogP contribution in [-0.4, -0.2) is 15.7 Å². The van der Waals surface area contributed by atoms with Gasteiger partial charge in [0.15, 0.2) is 0 Å². The summed E-state index contributed by atoms with van der Waals surface area (Å²) in [6.45, 7) is 12.7. The van der Waals surface area contributed by atoms with Gasteiger partial charge in [-0.3, -0.25) is 9.48 Å². The number of para-hydroxylation sites is 1. The number of hydrogen-bond acceptors (Lipinski definition) is 2. The molecule has 0 saturated heterocycles. The highest BCUT2D eigenvalue weighted by molar-refractivity contribution is 5.92. The quantitative estimate of drug-likeness (QED) is 0.890. The first-order chi connectivity index (χ1) is 10.8. The Balaban J connectivity index is 2.27. The zero-order valence-electron chi connectivity index (χ0n) is 15.0. The second kappa shape index (κ2) is 6.99. The highest BCUT2D eigenvalue weighted by atomic mass is 16.2. The second-order valence-electron chi connectivity index (χ2n) is 6.75. The van der Waals surface area contributed by atoms with Crippen molar-refractivity contribution < 1.29 is 4.79 Å². The lowest BCUT2D eigenvalue weighted by atomic mass is 9.92. The van der Waals surface area contributed by atoms with Crippen molar-refractivity contribution in [1.29, 1.82) is 0 Å². The Morgan fingerprint density at radius 3 is 2.13 bits per heavy atom. The van der Waals surface area contributed by atoms with Crippen molar-refractivity contribution >= 4 is 11.6 Å². The summed E-state index contributed by atoms with van der Waals surface area (Å²) in [5.41, 5.74) is 5.25. The Kier molecular flexibility index (Phi) is 5.24. The van der Waals surface area contributed by atoms with Crippen LogP contribution in [0.5, 0.6) is 0 Å². The van der Waals surface area contributed by atoms with Crippen LogP contribution in [-0.2, 0) is 11.3 Å². The number of carbonyl (C=O) groups is 1. The number of benzene rings is 1. The summed E-state index contributed by atoms with van der Waals surface area (Å²) in [5.74, 6) is 0.682. The van der Waals surface area contributed by atoms with E-state index in [-0.39, 0.29) is 12.5 Å². The third-order valence-corrected chi connectivity index (χ3v) is 4.03. The molecule has 2 rings (SSSR count). The molecule has 0 saturated carbocycles. The molecule has 0 aliphatic carbocycles. The monoisotopic (exact) mass is 313 g/mol. The lowest BCUT2D eigenvalue weighted by Crippen LogP contribution is -2.22. The maximum Gasteiger partial charge on any atom is 0.246 e. The Labute approximate surface area is 138 Å². The molecule has 1 N–H and O–H groups in total. The summed E-state index contributed by atoms with van der Waals surface area (Å²) in [6, 6.07) is 8.24. The van der Waals surface area contributed by atoms with Crippen LogP contribution in [0.4, 0.5) is 5.69 Å². The number of aryl methyl sites for hydroxylation is 2. The van der Waals surface area contributed by atoms with E-state index < -0.39 is 0 Å². The first-order valence-electron chi connectivity index (χ1n) is 8.23. The zero-order chi connectivity index (χ0) is 17.1. The van der Waals surface area contributed by atoms with Crippen LogP contribution < -0.4 is 5.32 Å². The summed E-state index contributed by atoms with van der Waals surface area (Å²) in [4.78, 5) is 12.5. The van der Waals surface area contributed by atoms with E-state index in [1.807, 2.05) is 19.9 Å². The van der Waals surface area contributed by atoms with Crippen molar-refractivity contribution in [2.24, 2.45) is 0 Å². The number of hydrogen-bond donors (Lipinski definition) is 1. The molecule has 0 bridgehead atoms. The van der Waals surface area contributed by atoms with Gasteiger partial charge in [-0.25, -0.2) is 0 Å². The van der Waals surface area contributed by atoms with Crippen LogP contribution in [0.25, 0.3) is 0 Å². The number of nitrogens with one attached hydrogen (secondary N) is 1. The van der Waals surface area contributed by atoms with Crippen LogP contribution in [0, 0.1) is 13.8 Å². The first kappa shape index (κ1) is 17.3. The van der Waals surface area contributed by atoms with E-state index in [0.717, 1.165) is 17.1 Å². The van der Waals surface area contributed by atoms with Crippen LogP contribution in [0.15, 0.2) is 24.3 Å². The Hall–Kier alpha value is -2.10. The summed E-state index contributed by atoms with van der Waals surface area (Å²) in [5, 5.41) is 7.49. The summed E-state index contributed by atoms with van der Waals surface area (Å²) >= 11 is 0. The SMILES string of the molecule is Cc1cc(C)n(CC(=O)Nc2c(C(C)C)cccc2C(C)C)n1. The van der Waals surface area contributed by atoms with Crippen LogP contribution in [0.1, 0.15) is 62.0 Å². The average molecular weight is 313 g/mol. The van der Waals surface area contributed by atoms with Crippen molar-refractivity contribution in [2.75, 3.05) is 5.32 Å². The average Bonchev–Trinajstić information content (AvgIpc) is 2.76. The minimum atomic E-state index is -0.0359. The maximum absolute atomic E-state index is 12.5. The molecule has 0 unspecified atom stereocenters. The molecule has 124 valence electrons. The molecule has 1 aromatic heterocycles. The first-order valence-corrected chi connectivity index (χ1v) is 8.23. The zero-order valence-corrected chi connectivity index (χ0v) is 15.0. The van der Waals surface area contributed by atoms with Gasteiger partial charge in [0.1, 0.15) is 6.54 Å². The third kappa shape index (κ3) is 4.01. The van der Waals surface area contributed by atoms with Gasteiger partial charge in [-0.2, -0.15) is 5.10 Å². The molecule has 0 aliphatic rings. The standard InChI is InChI=1S/C19H27N3O/c1-12(2)16-8-7-9-17(13(3)4)19(16)20-18(23)11-22-15(6)10-14(5)21-22/h7-10,12-13H,11H2,1-6H3,(H,20,23). The minimum absolute atomic E-state index is 0.0359. The second-order valence-corrected chi connectivity index (χ2v) is 6.75. The van der Waals surface area contributed by atoms with Gasteiger partial charge in [0.05, 0.1) is 5.69 Å². The molecular weight excluding hydrogens is 286 g/mol. The molecule has 2 aromatic rings. The van der Waals surface area contributed by atoms with Gasteiger partial charge < -0.3 is 5.32 Å². The van der Waals surface area contributed by atoms with E-state index in [4.69, 9.17) is 0 Å². The third-order valence-electron chi connectivity index (χ3n) is 4.03. The van der Waals surface area contributed by atoms with E-state index in [1.165, 1.54) is 11.1 Å². The molecule has 0 aliphatic heterocycles. The Bertz CT molecular complexity index is 672. The molecule has 4 heteroatoms. The maximum atomic E-state index is 12.5. The summed E-state index contributed by atoms with van der Waals surface area (Å²) in [6.07, 6.45) is 0. The van der Waals surface area contributed by atoms with Crippen LogP contribution >= 0.6 is 0 Å². The normalized spacial score (nSPS) is 11.3. The van der Waals surface area contributed by atoms with E-state index in [1.54, 1.807) is 4.68 Å². The molecule has 1 heterocycles. The Morgan fingerprint density at radius 1 is 1.13 bits per heavy atom. The van der Waals surface area contributed by atoms with Crippen molar-refractivity contribution in [3.05, 3.63) is 46.8 Å². The molecule has 4 nitrogen and oxygen atoms in total. The van der Waals surface area contributed by atoms with Gasteiger partial charge in [-0.15, -0.1) is 0 Å². The minimum Gasteiger partial charge on any atom is -0.324 e. The fourth-order valence-electron chi connectivity index (χ4n) is 2.85. The molecule has 23 heavy (non-hydrogen) atoms. The molecule has 0 fully saturated rings. The molecule has 0 spiro atoms. The highest BCUT2D eigenvalue weighted by Crippen LogP contribution is 2.32. The number of anilines is 1. The molecule has 1 aromatic carbocycles. The molecule has 0 atom stereocenters. The van der Waals surface area contributed by atoms with Gasteiger partial charge in [0, 0.05) is 11.4 Å². The Morgan fingerprint density at radius 2 is 1.70 bits per heavy atom. The van der Waals surface area contributed by atoms with Gasteiger partial charge in [-0.05, 0) is 42.9 Å². The highest BCUT2D eigenvalue weighted by Gasteiger charge is 2.16. The lowest BCUT2D eigenvalue weighted by Gasteiger charge is -2.20. The van der Waals surface area contributed by atoms with Gasteiger partial charge in [0.2, 0.25) is 5.91 Å². The topological polar surface area (TPSA) is 46.9 Å². The smallest absolute Gasteiger partial charge is 0.246 e. The van der Waals surface area contributed by atoms with Crippen molar-refractivity contribution in [3.63, 3.8) is 0 Å². The van der Waals surface area contributed by atoms with Crippen molar-refractivity contribution in [3.8, 4) is 0 Å². The van der Waals surface area contributed by atoms with Gasteiger partial charge in [0.25, 0.3) is 0 Å². The number of nitrogens with zero attached hydrogens (tertiary/aromatic N) is 2. The number of aromatic nitrogens is 2. The van der Waals surface area contributed by atoms with Crippen molar-refractivity contribution in [1.82, 2.24) is 9.78 Å². The van der Waals surface area contributed by atoms with Crippen LogP contribution in [0.3, 0.4) is 0 Å². The van der Waals surface area contributed by atoms with E-state index >= 15 is 0 Å². The van der Waals surface area contributed by atoms with E-state index in [2.05, 4.69) is 56.3 Å². The van der Waals surface area contributed by atoms with Gasteiger partial charge >= 0.3 is 0 Å². The molecule has 0 radical (unpaired) electrons. The van der Waals surface area contributed by atoms with Gasteiger partial charge in [-0.1, -0.05) is 45.9 Å².